The third-order valence-corrected chi connectivity index (χ3v) is 5.17. The highest BCUT2D eigenvalue weighted by atomic mass is 16.5. The van der Waals surface area contributed by atoms with Crippen LogP contribution in [0.5, 0.6) is 0 Å². The molecule has 0 atom stereocenters. The number of aryl methyl sites for hydroxylation is 1. The summed E-state index contributed by atoms with van der Waals surface area (Å²) in [5, 5.41) is 22.4. The van der Waals surface area contributed by atoms with Crippen molar-refractivity contribution in [2.75, 3.05) is 0 Å². The van der Waals surface area contributed by atoms with E-state index in [2.05, 4.69) is 21.7 Å². The molecule has 0 bridgehead atoms. The van der Waals surface area contributed by atoms with Gasteiger partial charge in [0, 0.05) is 11.3 Å². The van der Waals surface area contributed by atoms with Gasteiger partial charge < -0.3 is 5.21 Å². The Bertz CT molecular complexity index is 972. The maximum atomic E-state index is 13.1. The molecule has 0 spiro atoms. The smallest absolute Gasteiger partial charge is 0.223 e. The average molecular weight is 332 g/mol. The topological polar surface area (TPSA) is 67.7 Å². The fourth-order valence-corrected chi connectivity index (χ4v) is 3.82. The molecular formula is C20H20N4O. The second-order valence-electron chi connectivity index (χ2n) is 6.74. The van der Waals surface area contributed by atoms with Crippen molar-refractivity contribution in [3.05, 3.63) is 63.4 Å². The van der Waals surface area contributed by atoms with Crippen LogP contribution in [0.25, 0.3) is 5.69 Å². The first-order chi connectivity index (χ1) is 12.1. The first-order valence-corrected chi connectivity index (χ1v) is 8.71. The van der Waals surface area contributed by atoms with Crippen molar-refractivity contribution in [3.8, 4) is 11.8 Å². The lowest BCUT2D eigenvalue weighted by Crippen LogP contribution is -2.20. The van der Waals surface area contributed by atoms with Crippen LogP contribution in [0.4, 0.5) is 0 Å². The number of allylic oxidation sites excluding steroid dienone is 2. The van der Waals surface area contributed by atoms with Crippen molar-refractivity contribution in [3.63, 3.8) is 0 Å². The highest BCUT2D eigenvalue weighted by Crippen LogP contribution is 2.30. The molecule has 1 aliphatic carbocycles. The maximum Gasteiger partial charge on any atom is 0.223 e. The molecule has 1 aromatic carbocycles. The molecule has 1 aromatic heterocycles. The van der Waals surface area contributed by atoms with E-state index in [9.17, 15) is 10.5 Å². The maximum absolute atomic E-state index is 13.1. The van der Waals surface area contributed by atoms with E-state index in [-0.39, 0.29) is 6.54 Å². The standard InChI is InChI=1S/C20H20N4O/c1-13-14(2)24-18-9-8-15(11-21)10-17(18)20(16-6-4-3-5-7-16)23(25)12-19(24)22-13/h6,8-10H,3-5,7,12H2,1-2H3. The Morgan fingerprint density at radius 2 is 2.12 bits per heavy atom. The Balaban J connectivity index is 2.03. The first-order valence-electron chi connectivity index (χ1n) is 8.71. The zero-order valence-electron chi connectivity index (χ0n) is 14.5. The summed E-state index contributed by atoms with van der Waals surface area (Å²) in [6.07, 6.45) is 6.35. The number of hydroxylamine groups is 1. The van der Waals surface area contributed by atoms with Gasteiger partial charge in [-0.25, -0.2) is 4.98 Å². The van der Waals surface area contributed by atoms with Crippen LogP contribution in [0.2, 0.25) is 0 Å². The number of imidazole rings is 1. The molecule has 4 rings (SSSR count). The minimum Gasteiger partial charge on any atom is -0.623 e. The molecule has 1 aliphatic heterocycles. The monoisotopic (exact) mass is 332 g/mol. The molecule has 0 radical (unpaired) electrons. The predicted octanol–water partition coefficient (Wildman–Crippen LogP) is 3.67. The predicted molar refractivity (Wildman–Crippen MR) is 95.7 cm³/mol. The lowest BCUT2D eigenvalue weighted by atomic mass is 9.91. The van der Waals surface area contributed by atoms with Crippen molar-refractivity contribution in [1.29, 1.82) is 5.26 Å². The van der Waals surface area contributed by atoms with E-state index < -0.39 is 0 Å². The summed E-state index contributed by atoms with van der Waals surface area (Å²) in [6, 6.07) is 7.79. The molecule has 2 aromatic rings. The van der Waals surface area contributed by atoms with E-state index in [1.165, 1.54) is 6.42 Å². The lowest BCUT2D eigenvalue weighted by Gasteiger charge is -2.17. The normalized spacial score (nSPS) is 16.6. The van der Waals surface area contributed by atoms with Gasteiger partial charge in [0.25, 0.3) is 0 Å². The number of benzene rings is 1. The van der Waals surface area contributed by atoms with Crippen LogP contribution in [0.1, 0.15) is 54.0 Å². The lowest BCUT2D eigenvalue weighted by molar-refractivity contribution is -0.475. The van der Waals surface area contributed by atoms with Crippen LogP contribution >= 0.6 is 0 Å². The second-order valence-corrected chi connectivity index (χ2v) is 6.74. The van der Waals surface area contributed by atoms with E-state index >= 15 is 0 Å². The molecule has 0 saturated carbocycles. The number of nitrogens with zero attached hydrogens (tertiary/aromatic N) is 4. The van der Waals surface area contributed by atoms with Crippen LogP contribution < -0.4 is 0 Å². The highest BCUT2D eigenvalue weighted by Gasteiger charge is 2.30. The van der Waals surface area contributed by atoms with Gasteiger partial charge in [-0.05, 0) is 57.7 Å². The minimum atomic E-state index is 0.220. The molecule has 2 aliphatic rings. The Morgan fingerprint density at radius 1 is 1.28 bits per heavy atom. The van der Waals surface area contributed by atoms with Gasteiger partial charge in [0.1, 0.15) is 0 Å². The minimum absolute atomic E-state index is 0.220. The van der Waals surface area contributed by atoms with Crippen LogP contribution in [0.15, 0.2) is 29.8 Å². The fourth-order valence-electron chi connectivity index (χ4n) is 3.82. The van der Waals surface area contributed by atoms with Crippen LogP contribution in [0, 0.1) is 30.4 Å². The van der Waals surface area contributed by atoms with Gasteiger partial charge in [0.2, 0.25) is 12.3 Å². The van der Waals surface area contributed by atoms with E-state index in [1.54, 1.807) is 0 Å². The van der Waals surface area contributed by atoms with Gasteiger partial charge in [-0.3, -0.25) is 4.57 Å². The van der Waals surface area contributed by atoms with Gasteiger partial charge in [0.15, 0.2) is 5.82 Å². The molecular weight excluding hydrogens is 312 g/mol. The molecule has 0 unspecified atom stereocenters. The average Bonchev–Trinajstić information content (AvgIpc) is 2.83. The second kappa shape index (κ2) is 5.89. The molecule has 5 heteroatoms. The first kappa shape index (κ1) is 15.6. The third-order valence-electron chi connectivity index (χ3n) is 5.17. The molecule has 25 heavy (non-hydrogen) atoms. The van der Waals surface area contributed by atoms with Crippen molar-refractivity contribution in [1.82, 2.24) is 9.55 Å². The largest absolute Gasteiger partial charge is 0.623 e. The quantitative estimate of drug-likeness (QED) is 0.591. The Labute approximate surface area is 147 Å². The van der Waals surface area contributed by atoms with E-state index in [0.29, 0.717) is 11.3 Å². The number of rotatable bonds is 1. The SMILES string of the molecule is Cc1nc2n(c1C)-c1ccc(C#N)cc1C(C1=CCCCC1)=[N+]([O-])C2. The number of nitriles is 1. The molecule has 5 nitrogen and oxygen atoms in total. The summed E-state index contributed by atoms with van der Waals surface area (Å²) >= 11 is 0. The van der Waals surface area contributed by atoms with Gasteiger partial charge >= 0.3 is 0 Å². The molecule has 0 N–H and O–H groups in total. The van der Waals surface area contributed by atoms with Crippen LogP contribution in [-0.4, -0.2) is 20.0 Å². The van der Waals surface area contributed by atoms with E-state index in [4.69, 9.17) is 0 Å². The van der Waals surface area contributed by atoms with Crippen LogP contribution in [0.3, 0.4) is 0 Å². The highest BCUT2D eigenvalue weighted by molar-refractivity contribution is 6.12. The Morgan fingerprint density at radius 3 is 2.84 bits per heavy atom. The molecule has 0 saturated heterocycles. The summed E-state index contributed by atoms with van der Waals surface area (Å²) in [6.45, 7) is 4.20. The van der Waals surface area contributed by atoms with Gasteiger partial charge in [0.05, 0.1) is 28.6 Å². The Hall–Kier alpha value is -2.87. The van der Waals surface area contributed by atoms with Crippen molar-refractivity contribution >= 4 is 5.71 Å². The summed E-state index contributed by atoms with van der Waals surface area (Å²) < 4.78 is 3.12. The number of fused-ring (bicyclic) bond motifs is 3. The molecule has 0 amide bonds. The summed E-state index contributed by atoms with van der Waals surface area (Å²) in [5.41, 5.74) is 6.10. The summed E-state index contributed by atoms with van der Waals surface area (Å²) in [4.78, 5) is 4.61. The summed E-state index contributed by atoms with van der Waals surface area (Å²) in [7, 11) is 0. The Kier molecular flexibility index (Phi) is 3.69. The zero-order valence-corrected chi connectivity index (χ0v) is 14.5. The van der Waals surface area contributed by atoms with Gasteiger partial charge in [-0.15, -0.1) is 0 Å². The zero-order chi connectivity index (χ0) is 17.6. The van der Waals surface area contributed by atoms with Crippen molar-refractivity contribution in [2.24, 2.45) is 0 Å². The number of hydrogen-bond acceptors (Lipinski definition) is 3. The van der Waals surface area contributed by atoms with E-state index in [1.807, 2.05) is 32.0 Å². The van der Waals surface area contributed by atoms with Crippen molar-refractivity contribution < 1.29 is 4.74 Å². The molecule has 0 fully saturated rings. The third kappa shape index (κ3) is 2.45. The fraction of sp³-hybridized carbons (Fsp3) is 0.350. The van der Waals surface area contributed by atoms with Gasteiger partial charge in [-0.1, -0.05) is 6.08 Å². The number of aromatic nitrogens is 2. The molecule has 126 valence electrons. The van der Waals surface area contributed by atoms with Gasteiger partial charge in [-0.2, -0.15) is 10.0 Å². The molecule has 2 heterocycles. The van der Waals surface area contributed by atoms with Crippen molar-refractivity contribution in [2.45, 2.75) is 46.1 Å². The summed E-state index contributed by atoms with van der Waals surface area (Å²) in [5.74, 6) is 0.752. The number of hydrogen-bond donors (Lipinski definition) is 0. The van der Waals surface area contributed by atoms with E-state index in [0.717, 1.165) is 58.0 Å². The van der Waals surface area contributed by atoms with Crippen LogP contribution in [-0.2, 0) is 6.54 Å².